The molecule has 0 aliphatic carbocycles. The first kappa shape index (κ1) is 14.6. The summed E-state index contributed by atoms with van der Waals surface area (Å²) in [6.45, 7) is 0.453. The SMILES string of the molecule is O=C(O)C=Cc1ccc(I)cc1OCc1ccccc1. The second-order valence-electron chi connectivity index (χ2n) is 4.13. The van der Waals surface area contributed by atoms with Crippen molar-refractivity contribution in [2.24, 2.45) is 0 Å². The molecule has 0 radical (unpaired) electrons. The van der Waals surface area contributed by atoms with Crippen molar-refractivity contribution < 1.29 is 14.6 Å². The largest absolute Gasteiger partial charge is 0.488 e. The average molecular weight is 380 g/mol. The number of carboxylic acid groups (broad SMARTS) is 1. The molecule has 0 atom stereocenters. The summed E-state index contributed by atoms with van der Waals surface area (Å²) >= 11 is 2.20. The number of benzene rings is 2. The van der Waals surface area contributed by atoms with Crippen LogP contribution >= 0.6 is 22.6 Å². The molecule has 0 aliphatic heterocycles. The molecule has 4 heteroatoms. The number of halogens is 1. The summed E-state index contributed by atoms with van der Waals surface area (Å²) in [5.74, 6) is -0.296. The fourth-order valence-corrected chi connectivity index (χ4v) is 2.13. The zero-order valence-electron chi connectivity index (χ0n) is 10.6. The summed E-state index contributed by atoms with van der Waals surface area (Å²) in [6, 6.07) is 15.5. The molecule has 0 amide bonds. The van der Waals surface area contributed by atoms with E-state index in [1.54, 1.807) is 6.08 Å². The van der Waals surface area contributed by atoms with Gasteiger partial charge in [-0.2, -0.15) is 0 Å². The van der Waals surface area contributed by atoms with Crippen molar-refractivity contribution in [1.82, 2.24) is 0 Å². The second kappa shape index (κ2) is 7.09. The summed E-state index contributed by atoms with van der Waals surface area (Å²) in [5.41, 5.74) is 1.82. The van der Waals surface area contributed by atoms with Gasteiger partial charge in [0.05, 0.1) is 0 Å². The third-order valence-electron chi connectivity index (χ3n) is 2.62. The van der Waals surface area contributed by atoms with Gasteiger partial charge >= 0.3 is 5.97 Å². The third kappa shape index (κ3) is 4.38. The Morgan fingerprint density at radius 1 is 1.20 bits per heavy atom. The Balaban J connectivity index is 2.17. The summed E-state index contributed by atoms with van der Waals surface area (Å²) in [6.07, 6.45) is 2.65. The van der Waals surface area contributed by atoms with E-state index in [9.17, 15) is 4.79 Å². The van der Waals surface area contributed by atoms with E-state index in [0.29, 0.717) is 12.4 Å². The molecular formula is C16H13IO3. The minimum atomic E-state index is -0.974. The average Bonchev–Trinajstić information content (AvgIpc) is 2.45. The number of hydrogen-bond acceptors (Lipinski definition) is 2. The lowest BCUT2D eigenvalue weighted by atomic mass is 10.2. The molecule has 0 saturated carbocycles. The second-order valence-corrected chi connectivity index (χ2v) is 5.37. The number of rotatable bonds is 5. The normalized spacial score (nSPS) is 10.7. The Bertz CT molecular complexity index is 621. The van der Waals surface area contributed by atoms with E-state index in [4.69, 9.17) is 9.84 Å². The van der Waals surface area contributed by atoms with Crippen LogP contribution in [0.2, 0.25) is 0 Å². The highest BCUT2D eigenvalue weighted by molar-refractivity contribution is 14.1. The van der Waals surface area contributed by atoms with Crippen LogP contribution in [0.5, 0.6) is 5.75 Å². The maximum absolute atomic E-state index is 10.6. The van der Waals surface area contributed by atoms with Crippen molar-refractivity contribution in [2.45, 2.75) is 6.61 Å². The van der Waals surface area contributed by atoms with Crippen molar-refractivity contribution in [3.63, 3.8) is 0 Å². The molecule has 0 fully saturated rings. The summed E-state index contributed by atoms with van der Waals surface area (Å²) < 4.78 is 6.83. The molecule has 2 rings (SSSR count). The molecule has 20 heavy (non-hydrogen) atoms. The van der Waals surface area contributed by atoms with Crippen LogP contribution in [-0.2, 0) is 11.4 Å². The van der Waals surface area contributed by atoms with Gasteiger partial charge in [-0.1, -0.05) is 36.4 Å². The van der Waals surface area contributed by atoms with Gasteiger partial charge in [0.1, 0.15) is 12.4 Å². The van der Waals surface area contributed by atoms with Crippen molar-refractivity contribution in [2.75, 3.05) is 0 Å². The van der Waals surface area contributed by atoms with Gasteiger partial charge in [0, 0.05) is 15.2 Å². The van der Waals surface area contributed by atoms with Crippen LogP contribution < -0.4 is 4.74 Å². The lowest BCUT2D eigenvalue weighted by molar-refractivity contribution is -0.131. The molecule has 2 aromatic rings. The highest BCUT2D eigenvalue weighted by atomic mass is 127. The van der Waals surface area contributed by atoms with E-state index in [-0.39, 0.29) is 0 Å². The van der Waals surface area contributed by atoms with E-state index < -0.39 is 5.97 Å². The van der Waals surface area contributed by atoms with Crippen LogP contribution in [0.15, 0.2) is 54.6 Å². The van der Waals surface area contributed by atoms with E-state index >= 15 is 0 Å². The minimum absolute atomic E-state index is 0.453. The predicted octanol–water partition coefficient (Wildman–Crippen LogP) is 3.97. The third-order valence-corrected chi connectivity index (χ3v) is 3.29. The number of aliphatic carboxylic acids is 1. The Labute approximate surface area is 131 Å². The van der Waals surface area contributed by atoms with E-state index in [1.807, 2.05) is 48.5 Å². The van der Waals surface area contributed by atoms with Crippen LogP contribution in [0.25, 0.3) is 6.08 Å². The first-order valence-corrected chi connectivity index (χ1v) is 7.10. The van der Waals surface area contributed by atoms with Crippen LogP contribution in [-0.4, -0.2) is 11.1 Å². The van der Waals surface area contributed by atoms with Gasteiger partial charge in [0.15, 0.2) is 0 Å². The fraction of sp³-hybridized carbons (Fsp3) is 0.0625. The molecule has 0 unspecified atom stereocenters. The fourth-order valence-electron chi connectivity index (χ4n) is 1.67. The molecule has 0 aliphatic rings. The molecule has 3 nitrogen and oxygen atoms in total. The van der Waals surface area contributed by atoms with E-state index in [0.717, 1.165) is 20.8 Å². The zero-order valence-corrected chi connectivity index (χ0v) is 12.8. The number of carboxylic acids is 1. The first-order chi connectivity index (χ1) is 9.65. The Hall–Kier alpha value is -1.82. The zero-order chi connectivity index (χ0) is 14.4. The maximum Gasteiger partial charge on any atom is 0.328 e. The Kier molecular flexibility index (Phi) is 5.17. The summed E-state index contributed by atoms with van der Waals surface area (Å²) in [4.78, 5) is 10.6. The standard InChI is InChI=1S/C16H13IO3/c17-14-8-6-13(7-9-16(18)19)15(10-14)20-11-12-4-2-1-3-5-12/h1-10H,11H2,(H,18,19). The van der Waals surface area contributed by atoms with Crippen molar-refractivity contribution >= 4 is 34.6 Å². The quantitative estimate of drug-likeness (QED) is 0.631. The maximum atomic E-state index is 10.6. The Morgan fingerprint density at radius 2 is 1.95 bits per heavy atom. The summed E-state index contributed by atoms with van der Waals surface area (Å²) in [7, 11) is 0. The van der Waals surface area contributed by atoms with E-state index in [2.05, 4.69) is 22.6 Å². The van der Waals surface area contributed by atoms with Gasteiger partial charge in [-0.05, 0) is 46.4 Å². The smallest absolute Gasteiger partial charge is 0.328 e. The first-order valence-electron chi connectivity index (χ1n) is 6.02. The van der Waals surface area contributed by atoms with Crippen LogP contribution in [0.3, 0.4) is 0 Å². The molecule has 2 aromatic carbocycles. The minimum Gasteiger partial charge on any atom is -0.488 e. The molecule has 0 bridgehead atoms. The summed E-state index contributed by atoms with van der Waals surface area (Å²) in [5, 5.41) is 8.70. The van der Waals surface area contributed by atoms with Gasteiger partial charge in [-0.3, -0.25) is 0 Å². The lowest BCUT2D eigenvalue weighted by Gasteiger charge is -2.10. The number of carbonyl (C=O) groups is 1. The van der Waals surface area contributed by atoms with Crippen LogP contribution in [0, 0.1) is 3.57 Å². The van der Waals surface area contributed by atoms with Gasteiger partial charge in [0.25, 0.3) is 0 Å². The van der Waals surface area contributed by atoms with E-state index in [1.165, 1.54) is 0 Å². The molecule has 0 aromatic heterocycles. The molecular weight excluding hydrogens is 367 g/mol. The van der Waals surface area contributed by atoms with Crippen molar-refractivity contribution in [3.8, 4) is 5.75 Å². The lowest BCUT2D eigenvalue weighted by Crippen LogP contribution is -1.97. The monoisotopic (exact) mass is 380 g/mol. The molecule has 102 valence electrons. The predicted molar refractivity (Wildman–Crippen MR) is 86.6 cm³/mol. The van der Waals surface area contributed by atoms with Gasteiger partial charge in [0.2, 0.25) is 0 Å². The Morgan fingerprint density at radius 3 is 2.65 bits per heavy atom. The van der Waals surface area contributed by atoms with Crippen molar-refractivity contribution in [3.05, 3.63) is 69.3 Å². The molecule has 0 saturated heterocycles. The van der Waals surface area contributed by atoms with Gasteiger partial charge in [-0.25, -0.2) is 4.79 Å². The highest BCUT2D eigenvalue weighted by Crippen LogP contribution is 2.24. The van der Waals surface area contributed by atoms with Gasteiger partial charge in [-0.15, -0.1) is 0 Å². The molecule has 0 spiro atoms. The van der Waals surface area contributed by atoms with Gasteiger partial charge < -0.3 is 9.84 Å². The number of ether oxygens (including phenoxy) is 1. The molecule has 0 heterocycles. The van der Waals surface area contributed by atoms with Crippen LogP contribution in [0.4, 0.5) is 0 Å². The number of hydrogen-bond donors (Lipinski definition) is 1. The molecule has 1 N–H and O–H groups in total. The highest BCUT2D eigenvalue weighted by Gasteiger charge is 2.03. The van der Waals surface area contributed by atoms with Crippen LogP contribution in [0.1, 0.15) is 11.1 Å². The topological polar surface area (TPSA) is 46.5 Å². The van der Waals surface area contributed by atoms with Crippen molar-refractivity contribution in [1.29, 1.82) is 0 Å².